The number of ether oxygens (including phenoxy) is 1. The summed E-state index contributed by atoms with van der Waals surface area (Å²) in [5.41, 5.74) is 1.34. The molecule has 1 atom stereocenters. The van der Waals surface area contributed by atoms with Crippen molar-refractivity contribution < 1.29 is 18.7 Å². The molecule has 8 heteroatoms. The van der Waals surface area contributed by atoms with Gasteiger partial charge in [0.15, 0.2) is 17.0 Å². The molecular weight excluding hydrogens is 333 g/mol. The minimum Gasteiger partial charge on any atom is -0.465 e. The van der Waals surface area contributed by atoms with Crippen LogP contribution in [0.15, 0.2) is 28.8 Å². The number of hydrogen-bond donors (Lipinski definition) is 2. The van der Waals surface area contributed by atoms with E-state index in [0.717, 1.165) is 15.5 Å². The molecule has 0 radical (unpaired) electrons. The molecule has 0 saturated heterocycles. The molecule has 0 fully saturated rings. The average molecular weight is 351 g/mol. The maximum atomic E-state index is 9.50. The Morgan fingerprint density at radius 2 is 2.17 bits per heavy atom. The van der Waals surface area contributed by atoms with Gasteiger partial charge in [0.2, 0.25) is 5.89 Å². The minimum absolute atomic E-state index is 0.500. The highest BCUT2D eigenvalue weighted by Crippen LogP contribution is 2.24. The van der Waals surface area contributed by atoms with Crippen LogP contribution in [0.3, 0.4) is 0 Å². The van der Waals surface area contributed by atoms with Gasteiger partial charge >= 0.3 is 0 Å². The Labute approximate surface area is 142 Å². The van der Waals surface area contributed by atoms with Gasteiger partial charge in [-0.15, -0.1) is 0 Å². The lowest BCUT2D eigenvalue weighted by Crippen LogP contribution is -2.09. The van der Waals surface area contributed by atoms with Gasteiger partial charge < -0.3 is 19.6 Å². The molecule has 128 valence electrons. The smallest absolute Gasteiger partial charge is 0.220 e. The number of aromatic nitrogens is 2. The molecule has 24 heavy (non-hydrogen) atoms. The van der Waals surface area contributed by atoms with Crippen molar-refractivity contribution >= 4 is 39.7 Å². The van der Waals surface area contributed by atoms with Crippen molar-refractivity contribution in [2.45, 2.75) is 13.2 Å². The molecular formula is C16H18FN3O3S. The molecule has 6 nitrogen and oxygen atoms in total. The zero-order valence-corrected chi connectivity index (χ0v) is 14.3. The first kappa shape index (κ1) is 17.9. The van der Waals surface area contributed by atoms with E-state index in [9.17, 15) is 9.50 Å². The summed E-state index contributed by atoms with van der Waals surface area (Å²) in [4.78, 5) is 9.57. The van der Waals surface area contributed by atoms with Crippen LogP contribution in [0.25, 0.3) is 23.3 Å². The largest absolute Gasteiger partial charge is 0.465 e. The van der Waals surface area contributed by atoms with Crippen LogP contribution in [0.1, 0.15) is 17.7 Å². The fraction of sp³-hybridized carbons (Fsp3) is 0.250. The van der Waals surface area contributed by atoms with Crippen molar-refractivity contribution in [2.24, 2.45) is 0 Å². The summed E-state index contributed by atoms with van der Waals surface area (Å²) in [6.07, 6.45) is 4.61. The third-order valence-electron chi connectivity index (χ3n) is 2.81. The van der Waals surface area contributed by atoms with Crippen LogP contribution in [-0.2, 0) is 0 Å². The molecule has 0 spiro atoms. The van der Waals surface area contributed by atoms with E-state index in [1.165, 1.54) is 0 Å². The Kier molecular flexibility index (Phi) is 6.28. The highest BCUT2D eigenvalue weighted by molar-refractivity contribution is 7.16. The highest BCUT2D eigenvalue weighted by atomic mass is 32.1. The van der Waals surface area contributed by atoms with Crippen LogP contribution in [0.4, 0.5) is 9.52 Å². The van der Waals surface area contributed by atoms with Crippen molar-refractivity contribution in [2.75, 3.05) is 19.5 Å². The predicted octanol–water partition coefficient (Wildman–Crippen LogP) is 3.80. The summed E-state index contributed by atoms with van der Waals surface area (Å²) >= 11 is 1.54. The second-order valence-corrected chi connectivity index (χ2v) is 5.61. The Bertz CT molecular complexity index is 814. The molecule has 2 aromatic heterocycles. The van der Waals surface area contributed by atoms with E-state index in [1.54, 1.807) is 48.7 Å². The van der Waals surface area contributed by atoms with Gasteiger partial charge in [-0.1, -0.05) is 11.3 Å². The van der Waals surface area contributed by atoms with E-state index in [0.29, 0.717) is 24.4 Å². The number of nitrogens with zero attached hydrogens (tertiary/aromatic N) is 2. The molecule has 1 unspecified atom stereocenters. The molecule has 0 saturated carbocycles. The van der Waals surface area contributed by atoms with E-state index < -0.39 is 6.29 Å². The van der Waals surface area contributed by atoms with Gasteiger partial charge in [-0.05, 0) is 25.1 Å². The summed E-state index contributed by atoms with van der Waals surface area (Å²) in [5, 5.41) is 13.1. The van der Waals surface area contributed by atoms with E-state index in [-0.39, 0.29) is 0 Å². The SMILES string of the molecule is CF.CNc1ncc(C=Cc2nc3ccc(OC(C)O)cc3o2)s1. The number of oxazole rings is 1. The maximum absolute atomic E-state index is 9.50. The van der Waals surface area contributed by atoms with Gasteiger partial charge in [0.1, 0.15) is 11.3 Å². The van der Waals surface area contributed by atoms with Gasteiger partial charge in [0.05, 0.1) is 7.18 Å². The highest BCUT2D eigenvalue weighted by Gasteiger charge is 2.06. The number of rotatable bonds is 5. The predicted molar refractivity (Wildman–Crippen MR) is 93.9 cm³/mol. The van der Waals surface area contributed by atoms with Gasteiger partial charge in [0, 0.05) is 30.3 Å². The third kappa shape index (κ3) is 4.53. The molecule has 0 bridgehead atoms. The topological polar surface area (TPSA) is 80.4 Å². The molecule has 0 amide bonds. The zero-order chi connectivity index (χ0) is 17.5. The van der Waals surface area contributed by atoms with Gasteiger partial charge in [-0.3, -0.25) is 4.39 Å². The number of anilines is 1. The second-order valence-electron chi connectivity index (χ2n) is 4.55. The monoisotopic (exact) mass is 351 g/mol. The number of aliphatic hydroxyl groups is 1. The fourth-order valence-electron chi connectivity index (χ4n) is 1.90. The normalized spacial score (nSPS) is 12.0. The first-order valence-corrected chi connectivity index (χ1v) is 7.90. The number of hydrogen-bond acceptors (Lipinski definition) is 7. The molecule has 0 aliphatic heterocycles. The Hall–Kier alpha value is -2.45. The Morgan fingerprint density at radius 3 is 2.83 bits per heavy atom. The fourth-order valence-corrected chi connectivity index (χ4v) is 2.57. The van der Waals surface area contributed by atoms with Crippen LogP contribution < -0.4 is 10.1 Å². The lowest BCUT2D eigenvalue weighted by molar-refractivity contribution is -0.000226. The maximum Gasteiger partial charge on any atom is 0.220 e. The standard InChI is InChI=1S/C15H15N3O3S.CH3F/c1-9(19)20-10-3-5-12-13(7-10)21-14(18-12)6-4-11-8-17-15(16-2)22-11;1-2/h3-9,19H,1-2H3,(H,16,17);1H3. The van der Waals surface area contributed by atoms with E-state index >= 15 is 0 Å². The number of fused-ring (bicyclic) bond motifs is 1. The van der Waals surface area contributed by atoms with Crippen molar-refractivity contribution in [3.05, 3.63) is 35.2 Å². The van der Waals surface area contributed by atoms with Gasteiger partial charge in [-0.2, -0.15) is 0 Å². The third-order valence-corrected chi connectivity index (χ3v) is 3.79. The number of benzene rings is 1. The number of thiazole rings is 1. The quantitative estimate of drug-likeness (QED) is 0.681. The van der Waals surface area contributed by atoms with Crippen LogP contribution in [0.2, 0.25) is 0 Å². The van der Waals surface area contributed by atoms with Crippen molar-refractivity contribution in [3.63, 3.8) is 0 Å². The van der Waals surface area contributed by atoms with E-state index in [2.05, 4.69) is 15.3 Å². The lowest BCUT2D eigenvalue weighted by Gasteiger charge is -2.07. The van der Waals surface area contributed by atoms with Gasteiger partial charge in [-0.25, -0.2) is 9.97 Å². The first-order chi connectivity index (χ1) is 11.6. The number of halogens is 1. The van der Waals surface area contributed by atoms with Crippen LogP contribution in [0, 0.1) is 0 Å². The molecule has 3 aromatic rings. The van der Waals surface area contributed by atoms with Crippen molar-refractivity contribution in [1.82, 2.24) is 9.97 Å². The first-order valence-electron chi connectivity index (χ1n) is 7.09. The van der Waals surface area contributed by atoms with Gasteiger partial charge in [0.25, 0.3) is 0 Å². The zero-order valence-electron chi connectivity index (χ0n) is 13.5. The molecule has 0 aliphatic rings. The Balaban J connectivity index is 0.00000100. The summed E-state index contributed by atoms with van der Waals surface area (Å²) in [6.45, 7) is 1.55. The number of alkyl halides is 1. The molecule has 2 N–H and O–H groups in total. The van der Waals surface area contributed by atoms with Crippen LogP contribution in [-0.4, -0.2) is 35.6 Å². The number of nitrogens with one attached hydrogen (secondary N) is 1. The average Bonchev–Trinajstić information content (AvgIpc) is 3.20. The van der Waals surface area contributed by atoms with Crippen molar-refractivity contribution in [3.8, 4) is 5.75 Å². The second kappa shape index (κ2) is 8.42. The molecule has 1 aromatic carbocycles. The molecule has 3 rings (SSSR count). The minimum atomic E-state index is -0.868. The molecule has 2 heterocycles. The summed E-state index contributed by atoms with van der Waals surface area (Å²) in [7, 11) is 2.33. The van der Waals surface area contributed by atoms with E-state index in [1.807, 2.05) is 13.1 Å². The molecule has 0 aliphatic carbocycles. The number of aliphatic hydroxyl groups excluding tert-OH is 1. The summed E-state index contributed by atoms with van der Waals surface area (Å²) in [5.74, 6) is 1.04. The lowest BCUT2D eigenvalue weighted by atomic mass is 10.3. The Morgan fingerprint density at radius 1 is 1.38 bits per heavy atom. The van der Waals surface area contributed by atoms with E-state index in [4.69, 9.17) is 9.15 Å². The summed E-state index contributed by atoms with van der Waals surface area (Å²) < 4.78 is 20.4. The van der Waals surface area contributed by atoms with Crippen LogP contribution in [0.5, 0.6) is 5.75 Å². The van der Waals surface area contributed by atoms with Crippen molar-refractivity contribution in [1.29, 1.82) is 0 Å². The summed E-state index contributed by atoms with van der Waals surface area (Å²) in [6, 6.07) is 5.24. The van der Waals surface area contributed by atoms with Crippen LogP contribution >= 0.6 is 11.3 Å².